The number of carbonyl (C=O) groups excluding carboxylic acids is 1. The zero-order valence-corrected chi connectivity index (χ0v) is 20.6. The number of rotatable bonds is 8. The molecule has 30 heavy (non-hydrogen) atoms. The van der Waals surface area contributed by atoms with Crippen LogP contribution >= 0.6 is 23.4 Å². The molecule has 0 aliphatic carbocycles. The minimum atomic E-state index is -3.72. The summed E-state index contributed by atoms with van der Waals surface area (Å²) in [5.41, 5.74) is 1.71. The maximum atomic E-state index is 12.9. The van der Waals surface area contributed by atoms with Crippen molar-refractivity contribution in [2.75, 3.05) is 12.4 Å². The number of carbonyl (C=O) groups is 1. The number of anilines is 1. The van der Waals surface area contributed by atoms with E-state index in [1.54, 1.807) is 25.6 Å². The molecule has 0 aliphatic rings. The van der Waals surface area contributed by atoms with E-state index in [1.807, 2.05) is 25.1 Å². The van der Waals surface area contributed by atoms with E-state index >= 15 is 0 Å². The highest BCUT2D eigenvalue weighted by Crippen LogP contribution is 2.29. The lowest BCUT2D eigenvalue weighted by atomic mass is 10.1. The lowest BCUT2D eigenvalue weighted by Crippen LogP contribution is -2.33. The van der Waals surface area contributed by atoms with Crippen LogP contribution in [-0.4, -0.2) is 37.0 Å². The molecule has 8 heteroatoms. The monoisotopic (exact) mass is 468 g/mol. The average Bonchev–Trinajstić information content (AvgIpc) is 2.69. The van der Waals surface area contributed by atoms with Crippen molar-refractivity contribution in [3.63, 3.8) is 0 Å². The lowest BCUT2D eigenvalue weighted by Gasteiger charge is -2.21. The third kappa shape index (κ3) is 5.78. The Kier molecular flexibility index (Phi) is 8.39. The maximum Gasteiger partial charge on any atom is 0.257 e. The van der Waals surface area contributed by atoms with E-state index in [9.17, 15) is 13.2 Å². The van der Waals surface area contributed by atoms with E-state index in [-0.39, 0.29) is 21.5 Å². The molecule has 0 spiro atoms. The van der Waals surface area contributed by atoms with Crippen LogP contribution in [0, 0.1) is 6.92 Å². The van der Waals surface area contributed by atoms with Gasteiger partial charge in [0.05, 0.1) is 15.5 Å². The van der Waals surface area contributed by atoms with Gasteiger partial charge in [-0.3, -0.25) is 4.79 Å². The lowest BCUT2D eigenvalue weighted by molar-refractivity contribution is 0.102. The van der Waals surface area contributed by atoms with Gasteiger partial charge in [-0.2, -0.15) is 4.31 Å². The minimum absolute atomic E-state index is 0.0327. The number of hydrogen-bond acceptors (Lipinski definition) is 4. The Hall–Kier alpha value is -1.54. The van der Waals surface area contributed by atoms with E-state index in [2.05, 4.69) is 19.2 Å². The molecular weight excluding hydrogens is 440 g/mol. The fourth-order valence-corrected chi connectivity index (χ4v) is 5.26. The summed E-state index contributed by atoms with van der Waals surface area (Å²) in [5.74, 6) is -0.449. The molecule has 1 amide bonds. The smallest absolute Gasteiger partial charge is 0.257 e. The Labute approximate surface area is 189 Å². The number of hydrogen-bond donors (Lipinski definition) is 1. The predicted octanol–water partition coefficient (Wildman–Crippen LogP) is 5.82. The predicted molar refractivity (Wildman–Crippen MR) is 126 cm³/mol. The Morgan fingerprint density at radius 2 is 1.83 bits per heavy atom. The van der Waals surface area contributed by atoms with E-state index in [4.69, 9.17) is 11.6 Å². The molecule has 2 aromatic rings. The highest BCUT2D eigenvalue weighted by atomic mass is 35.5. The first-order valence-electron chi connectivity index (χ1n) is 9.83. The summed E-state index contributed by atoms with van der Waals surface area (Å²) >= 11 is 8.00. The van der Waals surface area contributed by atoms with Crippen LogP contribution in [0.4, 0.5) is 5.69 Å². The molecule has 1 unspecified atom stereocenters. The normalized spacial score (nSPS) is 13.0. The van der Waals surface area contributed by atoms with Crippen LogP contribution in [0.15, 0.2) is 46.2 Å². The first-order chi connectivity index (χ1) is 14.0. The van der Waals surface area contributed by atoms with Gasteiger partial charge in [0.15, 0.2) is 0 Å². The number of thioether (sulfide) groups is 1. The Morgan fingerprint density at radius 1 is 1.17 bits per heavy atom. The SMILES string of the molecule is CCC(C)Sc1ccc(NC(=O)c2cc(S(=O)(=O)N(C)C(C)C)ccc2Cl)c(C)c1. The summed E-state index contributed by atoms with van der Waals surface area (Å²) in [6.45, 7) is 9.82. The summed E-state index contributed by atoms with van der Waals surface area (Å²) in [6, 6.07) is 9.84. The molecule has 0 radical (unpaired) electrons. The van der Waals surface area contributed by atoms with Crippen molar-refractivity contribution in [2.45, 2.75) is 62.1 Å². The van der Waals surface area contributed by atoms with Gasteiger partial charge in [-0.1, -0.05) is 25.4 Å². The van der Waals surface area contributed by atoms with E-state index in [1.165, 1.54) is 29.6 Å². The Balaban J connectivity index is 2.30. The molecule has 0 aromatic heterocycles. The van der Waals surface area contributed by atoms with Gasteiger partial charge < -0.3 is 5.32 Å². The molecule has 2 aromatic carbocycles. The van der Waals surface area contributed by atoms with E-state index in [0.29, 0.717) is 10.9 Å². The molecule has 0 bridgehead atoms. The zero-order valence-electron chi connectivity index (χ0n) is 18.2. The van der Waals surface area contributed by atoms with Crippen LogP contribution < -0.4 is 5.32 Å². The van der Waals surface area contributed by atoms with Crippen molar-refractivity contribution in [1.82, 2.24) is 4.31 Å². The van der Waals surface area contributed by atoms with E-state index in [0.717, 1.165) is 16.9 Å². The molecule has 2 rings (SSSR count). The average molecular weight is 469 g/mol. The van der Waals surface area contributed by atoms with Gasteiger partial charge in [0.25, 0.3) is 5.91 Å². The van der Waals surface area contributed by atoms with Crippen LogP contribution in [0.2, 0.25) is 5.02 Å². The van der Waals surface area contributed by atoms with E-state index < -0.39 is 15.9 Å². The number of nitrogens with zero attached hydrogens (tertiary/aromatic N) is 1. The van der Waals surface area contributed by atoms with Gasteiger partial charge in [0.2, 0.25) is 10.0 Å². The zero-order chi connectivity index (χ0) is 22.6. The summed E-state index contributed by atoms with van der Waals surface area (Å²) in [6.07, 6.45) is 1.08. The second-order valence-electron chi connectivity index (χ2n) is 7.52. The molecule has 0 saturated heterocycles. The summed E-state index contributed by atoms with van der Waals surface area (Å²) in [5, 5.41) is 3.56. The first-order valence-corrected chi connectivity index (χ1v) is 12.5. The Morgan fingerprint density at radius 3 is 2.40 bits per heavy atom. The number of aryl methyl sites for hydroxylation is 1. The van der Waals surface area contributed by atoms with Crippen molar-refractivity contribution < 1.29 is 13.2 Å². The summed E-state index contributed by atoms with van der Waals surface area (Å²) in [7, 11) is -2.21. The van der Waals surface area contributed by atoms with Crippen LogP contribution in [0.5, 0.6) is 0 Å². The summed E-state index contributed by atoms with van der Waals surface area (Å²) < 4.78 is 26.8. The number of halogens is 1. The number of nitrogens with one attached hydrogen (secondary N) is 1. The molecule has 5 nitrogen and oxygen atoms in total. The van der Waals surface area contributed by atoms with Gasteiger partial charge in [0, 0.05) is 28.9 Å². The fourth-order valence-electron chi connectivity index (χ4n) is 2.64. The van der Waals surface area contributed by atoms with Gasteiger partial charge >= 0.3 is 0 Å². The first kappa shape index (κ1) is 24.7. The van der Waals surface area contributed by atoms with Crippen molar-refractivity contribution in [3.8, 4) is 0 Å². The highest BCUT2D eigenvalue weighted by Gasteiger charge is 2.25. The molecule has 164 valence electrons. The molecule has 1 N–H and O–H groups in total. The van der Waals surface area contributed by atoms with Crippen molar-refractivity contribution in [2.24, 2.45) is 0 Å². The second-order valence-corrected chi connectivity index (χ2v) is 11.4. The van der Waals surface area contributed by atoms with Gasteiger partial charge in [-0.25, -0.2) is 8.42 Å². The molecule has 0 aliphatic heterocycles. The highest BCUT2D eigenvalue weighted by molar-refractivity contribution is 7.99. The molecule has 0 fully saturated rings. The third-order valence-electron chi connectivity index (χ3n) is 4.94. The molecule has 1 atom stereocenters. The Bertz CT molecular complexity index is 1020. The second kappa shape index (κ2) is 10.2. The number of sulfonamides is 1. The van der Waals surface area contributed by atoms with Crippen LogP contribution in [0.25, 0.3) is 0 Å². The largest absolute Gasteiger partial charge is 0.322 e. The van der Waals surface area contributed by atoms with Gasteiger partial charge in [-0.05, 0) is 69.2 Å². The fraction of sp³-hybridized carbons (Fsp3) is 0.409. The van der Waals surface area contributed by atoms with Crippen LogP contribution in [-0.2, 0) is 10.0 Å². The third-order valence-corrected chi connectivity index (χ3v) is 8.57. The summed E-state index contributed by atoms with van der Waals surface area (Å²) in [4.78, 5) is 14.0. The van der Waals surface area contributed by atoms with Gasteiger partial charge in [-0.15, -0.1) is 11.8 Å². The van der Waals surface area contributed by atoms with Crippen LogP contribution in [0.1, 0.15) is 50.0 Å². The van der Waals surface area contributed by atoms with Crippen molar-refractivity contribution in [3.05, 3.63) is 52.5 Å². The van der Waals surface area contributed by atoms with Gasteiger partial charge in [0.1, 0.15) is 0 Å². The van der Waals surface area contributed by atoms with Crippen molar-refractivity contribution >= 4 is 45.0 Å². The topological polar surface area (TPSA) is 66.5 Å². The quantitative estimate of drug-likeness (QED) is 0.495. The number of amides is 1. The molecular formula is C22H29ClN2O3S2. The molecule has 0 saturated carbocycles. The molecule has 0 heterocycles. The number of benzene rings is 2. The minimum Gasteiger partial charge on any atom is -0.322 e. The standard InChI is InChI=1S/C22H29ClN2O3S2/c1-7-16(5)29-17-8-11-21(15(4)12-17)24-22(26)19-13-18(9-10-20(19)23)30(27,28)25(6)14(2)3/h8-14,16H,7H2,1-6H3,(H,24,26). The van der Waals surface area contributed by atoms with Crippen LogP contribution in [0.3, 0.4) is 0 Å². The maximum absolute atomic E-state index is 12.9. The van der Waals surface area contributed by atoms with Crippen molar-refractivity contribution in [1.29, 1.82) is 0 Å².